The molecule has 0 N–H and O–H groups in total. The molecule has 0 aromatic heterocycles. The number of carbonyl (C=O) groups is 6. The summed E-state index contributed by atoms with van der Waals surface area (Å²) in [5, 5.41) is 0. The molecule has 0 bridgehead atoms. The molecule has 0 saturated carbocycles. The number of hydrogen-bond acceptors (Lipinski definition) is 12. The Bertz CT molecular complexity index is 813. The van der Waals surface area contributed by atoms with Crippen molar-refractivity contribution in [1.82, 2.24) is 0 Å². The van der Waals surface area contributed by atoms with Crippen molar-refractivity contribution in [3.05, 3.63) is 24.3 Å². The van der Waals surface area contributed by atoms with Crippen LogP contribution in [0.2, 0.25) is 0 Å². The molecule has 12 nitrogen and oxygen atoms in total. The normalized spacial score (nSPS) is 12.7. The standard InChI is InChI=1S/C22H30O12/c1-8-14(34-22(28)16(10-18(24)30-5)13(3)20(26)32-7)11-33-21(27)15(9-17(23)29-4)12(2)19(25)31-6/h14-16H,2-3,8-11H2,1,4-7H3. The van der Waals surface area contributed by atoms with Crippen LogP contribution >= 0.6 is 0 Å². The van der Waals surface area contributed by atoms with E-state index in [1.807, 2.05) is 0 Å². The van der Waals surface area contributed by atoms with Crippen molar-refractivity contribution < 1.29 is 57.2 Å². The van der Waals surface area contributed by atoms with Crippen LogP contribution in [0.15, 0.2) is 24.3 Å². The molecule has 0 fully saturated rings. The van der Waals surface area contributed by atoms with Crippen LogP contribution in [0.4, 0.5) is 0 Å². The molecule has 0 aromatic rings. The third kappa shape index (κ3) is 9.43. The molecule has 0 rings (SSSR count). The van der Waals surface area contributed by atoms with Gasteiger partial charge in [0.05, 0.1) is 53.1 Å². The molecule has 0 amide bonds. The Kier molecular flexibility index (Phi) is 13.5. The van der Waals surface area contributed by atoms with Gasteiger partial charge in [-0.1, -0.05) is 20.1 Å². The summed E-state index contributed by atoms with van der Waals surface area (Å²) in [5.74, 6) is -8.20. The van der Waals surface area contributed by atoms with Crippen molar-refractivity contribution in [1.29, 1.82) is 0 Å². The lowest BCUT2D eigenvalue weighted by Crippen LogP contribution is -2.33. The lowest BCUT2D eigenvalue weighted by atomic mass is 9.96. The van der Waals surface area contributed by atoms with Crippen LogP contribution in [0.1, 0.15) is 26.2 Å². The van der Waals surface area contributed by atoms with Gasteiger partial charge in [-0.25, -0.2) is 9.59 Å². The van der Waals surface area contributed by atoms with Crippen LogP contribution in [-0.4, -0.2) is 77.0 Å². The largest absolute Gasteiger partial charge is 0.469 e. The smallest absolute Gasteiger partial charge is 0.334 e. The van der Waals surface area contributed by atoms with Crippen LogP contribution < -0.4 is 0 Å². The van der Waals surface area contributed by atoms with E-state index in [1.165, 1.54) is 0 Å². The molecule has 0 saturated heterocycles. The van der Waals surface area contributed by atoms with Crippen LogP contribution in [0.3, 0.4) is 0 Å². The van der Waals surface area contributed by atoms with Crippen molar-refractivity contribution in [3.8, 4) is 0 Å². The van der Waals surface area contributed by atoms with Gasteiger partial charge in [-0.3, -0.25) is 19.2 Å². The summed E-state index contributed by atoms with van der Waals surface area (Å²) in [6, 6.07) is 0. The Hall–Kier alpha value is -3.70. The van der Waals surface area contributed by atoms with Gasteiger partial charge in [0.1, 0.15) is 12.7 Å². The van der Waals surface area contributed by atoms with Gasteiger partial charge in [-0.15, -0.1) is 0 Å². The molecular weight excluding hydrogens is 456 g/mol. The zero-order chi connectivity index (χ0) is 26.4. The highest BCUT2D eigenvalue weighted by Gasteiger charge is 2.34. The number of esters is 6. The zero-order valence-electron chi connectivity index (χ0n) is 19.9. The summed E-state index contributed by atoms with van der Waals surface area (Å²) in [4.78, 5) is 72.1. The SMILES string of the molecule is C=C(C(=O)OC)C(CC(=O)OC)C(=O)OCC(CC)OC(=O)C(CC(=O)OC)C(=C)C(=O)OC. The maximum atomic E-state index is 12.6. The second-order valence-corrected chi connectivity index (χ2v) is 6.80. The molecule has 0 aliphatic carbocycles. The maximum absolute atomic E-state index is 12.6. The molecule has 3 atom stereocenters. The van der Waals surface area contributed by atoms with Crippen LogP contribution in [-0.2, 0) is 57.2 Å². The number of methoxy groups -OCH3 is 4. The Morgan fingerprint density at radius 3 is 1.44 bits per heavy atom. The van der Waals surface area contributed by atoms with Gasteiger partial charge in [-0.2, -0.15) is 0 Å². The van der Waals surface area contributed by atoms with E-state index in [1.54, 1.807) is 6.92 Å². The fourth-order valence-electron chi connectivity index (χ4n) is 2.50. The van der Waals surface area contributed by atoms with Gasteiger partial charge < -0.3 is 28.4 Å². The predicted octanol–water partition coefficient (Wildman–Crippen LogP) is 0.668. The van der Waals surface area contributed by atoms with Gasteiger partial charge in [0.15, 0.2) is 0 Å². The molecule has 12 heteroatoms. The van der Waals surface area contributed by atoms with E-state index in [0.717, 1.165) is 28.4 Å². The summed E-state index contributed by atoms with van der Waals surface area (Å²) < 4.78 is 28.5. The molecule has 34 heavy (non-hydrogen) atoms. The monoisotopic (exact) mass is 486 g/mol. The molecule has 3 unspecified atom stereocenters. The summed E-state index contributed by atoms with van der Waals surface area (Å²) in [7, 11) is 4.36. The van der Waals surface area contributed by atoms with Gasteiger partial charge in [0.25, 0.3) is 0 Å². The zero-order valence-corrected chi connectivity index (χ0v) is 19.9. The number of carbonyl (C=O) groups excluding carboxylic acids is 6. The van der Waals surface area contributed by atoms with E-state index in [4.69, 9.17) is 9.47 Å². The fourth-order valence-corrected chi connectivity index (χ4v) is 2.50. The first-order valence-electron chi connectivity index (χ1n) is 10.0. The van der Waals surface area contributed by atoms with Gasteiger partial charge in [0.2, 0.25) is 0 Å². The van der Waals surface area contributed by atoms with E-state index in [2.05, 4.69) is 32.1 Å². The van der Waals surface area contributed by atoms with Crippen molar-refractivity contribution in [2.24, 2.45) is 11.8 Å². The van der Waals surface area contributed by atoms with Crippen molar-refractivity contribution in [2.45, 2.75) is 32.3 Å². The van der Waals surface area contributed by atoms with Crippen LogP contribution in [0.25, 0.3) is 0 Å². The van der Waals surface area contributed by atoms with E-state index >= 15 is 0 Å². The van der Waals surface area contributed by atoms with Gasteiger partial charge in [0, 0.05) is 11.1 Å². The Morgan fingerprint density at radius 2 is 1.09 bits per heavy atom. The van der Waals surface area contributed by atoms with Crippen LogP contribution in [0.5, 0.6) is 0 Å². The second kappa shape index (κ2) is 15.2. The Morgan fingerprint density at radius 1 is 0.676 bits per heavy atom. The quantitative estimate of drug-likeness (QED) is 0.192. The third-order valence-electron chi connectivity index (χ3n) is 4.65. The first-order valence-corrected chi connectivity index (χ1v) is 10.0. The molecule has 0 aliphatic heterocycles. The molecule has 0 heterocycles. The number of hydrogen-bond donors (Lipinski definition) is 0. The average Bonchev–Trinajstić information content (AvgIpc) is 2.85. The van der Waals surface area contributed by atoms with Crippen molar-refractivity contribution in [2.75, 3.05) is 35.0 Å². The molecule has 0 aromatic carbocycles. The third-order valence-corrected chi connectivity index (χ3v) is 4.65. The molecule has 0 spiro atoms. The molecule has 0 radical (unpaired) electrons. The topological polar surface area (TPSA) is 158 Å². The molecule has 0 aliphatic rings. The summed E-state index contributed by atoms with van der Waals surface area (Å²) in [5.41, 5.74) is -0.646. The summed E-state index contributed by atoms with van der Waals surface area (Å²) in [6.07, 6.45) is -1.87. The minimum Gasteiger partial charge on any atom is -0.469 e. The Labute approximate surface area is 197 Å². The lowest BCUT2D eigenvalue weighted by molar-refractivity contribution is -0.166. The minimum atomic E-state index is -1.39. The van der Waals surface area contributed by atoms with Crippen molar-refractivity contribution in [3.63, 3.8) is 0 Å². The minimum absolute atomic E-state index is 0.175. The highest BCUT2D eigenvalue weighted by molar-refractivity contribution is 5.97. The lowest BCUT2D eigenvalue weighted by Gasteiger charge is -2.22. The van der Waals surface area contributed by atoms with Gasteiger partial charge in [-0.05, 0) is 6.42 Å². The first kappa shape index (κ1) is 30.3. The second-order valence-electron chi connectivity index (χ2n) is 6.80. The highest BCUT2D eigenvalue weighted by Crippen LogP contribution is 2.21. The van der Waals surface area contributed by atoms with E-state index in [9.17, 15) is 28.8 Å². The fraction of sp³-hybridized carbons (Fsp3) is 0.545. The maximum Gasteiger partial charge on any atom is 0.334 e. The molecule has 190 valence electrons. The predicted molar refractivity (Wildman–Crippen MR) is 114 cm³/mol. The summed E-state index contributed by atoms with van der Waals surface area (Å²) >= 11 is 0. The number of rotatable bonds is 14. The van der Waals surface area contributed by atoms with E-state index in [0.29, 0.717) is 0 Å². The number of ether oxygens (including phenoxy) is 6. The van der Waals surface area contributed by atoms with Crippen molar-refractivity contribution >= 4 is 35.8 Å². The van der Waals surface area contributed by atoms with E-state index < -0.39 is 73.2 Å². The van der Waals surface area contributed by atoms with E-state index in [-0.39, 0.29) is 17.6 Å². The average molecular weight is 486 g/mol. The summed E-state index contributed by atoms with van der Waals surface area (Å²) in [6.45, 7) is 8.11. The highest BCUT2D eigenvalue weighted by atomic mass is 16.6. The first-order chi connectivity index (χ1) is 16.0. The van der Waals surface area contributed by atoms with Gasteiger partial charge >= 0.3 is 35.8 Å². The Balaban J connectivity index is 5.42. The van der Waals surface area contributed by atoms with Crippen LogP contribution in [0, 0.1) is 11.8 Å². The molecular formula is C22H30O12.